The topological polar surface area (TPSA) is 56.2 Å². The Morgan fingerprint density at radius 3 is 2.93 bits per heavy atom. The number of nitrogens with one attached hydrogen (secondary N) is 1. The average Bonchev–Trinajstić information content (AvgIpc) is 3.37. The number of imidazole rings is 1. The van der Waals surface area contributed by atoms with E-state index >= 15 is 0 Å². The predicted molar refractivity (Wildman–Crippen MR) is 111 cm³/mol. The third-order valence-corrected chi connectivity index (χ3v) is 6.93. The second kappa shape index (κ2) is 9.26. The lowest BCUT2D eigenvalue weighted by molar-refractivity contribution is -0.119. The number of rotatable bonds is 8. The molecule has 2 aromatic rings. The Kier molecular flexibility index (Phi) is 7.00. The molecule has 7 heteroatoms. The van der Waals surface area contributed by atoms with E-state index < -0.39 is 0 Å². The van der Waals surface area contributed by atoms with Crippen molar-refractivity contribution in [3.63, 3.8) is 0 Å². The second-order valence-electron chi connectivity index (χ2n) is 7.40. The Balaban J connectivity index is 1.62. The zero-order valence-corrected chi connectivity index (χ0v) is 18.2. The lowest BCUT2D eigenvalue weighted by Crippen LogP contribution is -2.32. The van der Waals surface area contributed by atoms with Gasteiger partial charge in [-0.25, -0.2) is 4.98 Å². The monoisotopic (exact) mass is 407 g/mol. The van der Waals surface area contributed by atoms with Crippen molar-refractivity contribution in [1.82, 2.24) is 14.9 Å². The van der Waals surface area contributed by atoms with Crippen LogP contribution < -0.4 is 5.32 Å². The Bertz CT molecular complexity index is 750. The molecule has 0 aromatic carbocycles. The molecule has 1 amide bonds. The smallest absolute Gasteiger partial charge is 0.230 e. The zero-order valence-electron chi connectivity index (χ0n) is 16.5. The van der Waals surface area contributed by atoms with E-state index in [4.69, 9.17) is 4.74 Å². The van der Waals surface area contributed by atoms with Gasteiger partial charge in [-0.3, -0.25) is 4.79 Å². The number of carbonyl (C=O) groups is 1. The molecule has 3 rings (SSSR count). The van der Waals surface area contributed by atoms with Crippen LogP contribution in [0.4, 0.5) is 0 Å². The number of hydrogen-bond donors (Lipinski definition) is 1. The molecule has 0 saturated carbocycles. The number of hydrogen-bond acceptors (Lipinski definition) is 5. The third kappa shape index (κ3) is 5.15. The van der Waals surface area contributed by atoms with Crippen LogP contribution in [0.3, 0.4) is 0 Å². The molecule has 2 unspecified atom stereocenters. The molecule has 1 saturated heterocycles. The van der Waals surface area contributed by atoms with Crippen LogP contribution in [0.25, 0.3) is 0 Å². The van der Waals surface area contributed by atoms with Gasteiger partial charge in [-0.15, -0.1) is 11.3 Å². The number of thioether (sulfide) groups is 1. The first-order valence-corrected chi connectivity index (χ1v) is 11.4. The molecule has 0 aliphatic carbocycles. The van der Waals surface area contributed by atoms with E-state index in [-0.39, 0.29) is 18.1 Å². The largest absolute Gasteiger partial charge is 0.376 e. The van der Waals surface area contributed by atoms with Gasteiger partial charge in [0.05, 0.1) is 30.1 Å². The number of aryl methyl sites for hydroxylation is 1. The number of nitrogens with zero attached hydrogens (tertiary/aromatic N) is 2. The number of aromatic nitrogens is 2. The summed E-state index contributed by atoms with van der Waals surface area (Å²) in [5.74, 6) is 0.772. The lowest BCUT2D eigenvalue weighted by Gasteiger charge is -2.21. The van der Waals surface area contributed by atoms with E-state index in [1.54, 1.807) is 11.3 Å². The summed E-state index contributed by atoms with van der Waals surface area (Å²) in [6.45, 7) is 10.1. The summed E-state index contributed by atoms with van der Waals surface area (Å²) >= 11 is 3.20. The van der Waals surface area contributed by atoms with E-state index in [0.717, 1.165) is 42.5 Å². The summed E-state index contributed by atoms with van der Waals surface area (Å²) in [7, 11) is 0. The molecule has 148 valence electrons. The third-order valence-electron chi connectivity index (χ3n) is 5.00. The Labute approximate surface area is 169 Å². The maximum absolute atomic E-state index is 12.6. The molecule has 1 aliphatic rings. The first kappa shape index (κ1) is 20.4. The maximum atomic E-state index is 12.6. The maximum Gasteiger partial charge on any atom is 0.230 e. The van der Waals surface area contributed by atoms with Gasteiger partial charge >= 0.3 is 0 Å². The highest BCUT2D eigenvalue weighted by Crippen LogP contribution is 2.27. The van der Waals surface area contributed by atoms with E-state index in [0.29, 0.717) is 11.7 Å². The van der Waals surface area contributed by atoms with Gasteiger partial charge in [0, 0.05) is 17.2 Å². The molecule has 1 aliphatic heterocycles. The van der Waals surface area contributed by atoms with Crippen LogP contribution in [0.15, 0.2) is 22.7 Å². The van der Waals surface area contributed by atoms with E-state index in [1.807, 2.05) is 13.0 Å². The molecule has 2 aromatic heterocycles. The summed E-state index contributed by atoms with van der Waals surface area (Å²) < 4.78 is 8.00. The van der Waals surface area contributed by atoms with E-state index in [1.165, 1.54) is 16.6 Å². The van der Waals surface area contributed by atoms with Gasteiger partial charge in [0.1, 0.15) is 0 Å². The van der Waals surface area contributed by atoms with Crippen molar-refractivity contribution in [3.8, 4) is 0 Å². The number of thiophene rings is 1. The van der Waals surface area contributed by atoms with Crippen molar-refractivity contribution in [1.29, 1.82) is 0 Å². The van der Waals surface area contributed by atoms with Crippen molar-refractivity contribution in [2.45, 2.75) is 64.4 Å². The van der Waals surface area contributed by atoms with Gasteiger partial charge in [0.15, 0.2) is 5.16 Å². The highest BCUT2D eigenvalue weighted by atomic mass is 32.2. The van der Waals surface area contributed by atoms with Gasteiger partial charge in [-0.2, -0.15) is 0 Å². The summed E-state index contributed by atoms with van der Waals surface area (Å²) in [5, 5.41) is 6.16. The Morgan fingerprint density at radius 1 is 1.48 bits per heavy atom. The van der Waals surface area contributed by atoms with Crippen LogP contribution in [0.5, 0.6) is 0 Å². The van der Waals surface area contributed by atoms with Gasteiger partial charge < -0.3 is 14.6 Å². The molecular weight excluding hydrogens is 378 g/mol. The minimum absolute atomic E-state index is 0.0501. The van der Waals surface area contributed by atoms with Gasteiger partial charge in [0.2, 0.25) is 5.91 Å². The highest BCUT2D eigenvalue weighted by molar-refractivity contribution is 7.99. The molecule has 1 fully saturated rings. The van der Waals surface area contributed by atoms with E-state index in [9.17, 15) is 4.79 Å². The normalized spacial score (nSPS) is 18.2. The summed E-state index contributed by atoms with van der Waals surface area (Å²) in [6.07, 6.45) is 2.48. The average molecular weight is 408 g/mol. The van der Waals surface area contributed by atoms with Crippen LogP contribution in [0.2, 0.25) is 0 Å². The van der Waals surface area contributed by atoms with Crippen molar-refractivity contribution < 1.29 is 9.53 Å². The Morgan fingerprint density at radius 2 is 2.30 bits per heavy atom. The van der Waals surface area contributed by atoms with Crippen LogP contribution in [-0.2, 0) is 16.1 Å². The fraction of sp³-hybridized carbons (Fsp3) is 0.600. The molecular formula is C20H29N3O2S2. The fourth-order valence-electron chi connectivity index (χ4n) is 3.32. The molecule has 5 nitrogen and oxygen atoms in total. The van der Waals surface area contributed by atoms with Crippen molar-refractivity contribution in [2.24, 2.45) is 5.92 Å². The minimum atomic E-state index is 0.0501. The van der Waals surface area contributed by atoms with Gasteiger partial charge in [-0.1, -0.05) is 31.7 Å². The summed E-state index contributed by atoms with van der Waals surface area (Å²) in [5.41, 5.74) is 2.18. The van der Waals surface area contributed by atoms with Gasteiger partial charge in [-0.05, 0) is 44.1 Å². The molecule has 0 bridgehead atoms. The van der Waals surface area contributed by atoms with E-state index in [2.05, 4.69) is 47.1 Å². The minimum Gasteiger partial charge on any atom is -0.376 e. The lowest BCUT2D eigenvalue weighted by atomic mass is 10.0. The zero-order chi connectivity index (χ0) is 19.4. The van der Waals surface area contributed by atoms with Gasteiger partial charge in [0.25, 0.3) is 0 Å². The molecule has 1 N–H and O–H groups in total. The van der Waals surface area contributed by atoms with Crippen LogP contribution in [0.1, 0.15) is 49.0 Å². The van der Waals surface area contributed by atoms with Crippen LogP contribution >= 0.6 is 23.1 Å². The molecule has 3 heterocycles. The van der Waals surface area contributed by atoms with Crippen LogP contribution in [-0.4, -0.2) is 33.9 Å². The van der Waals surface area contributed by atoms with Crippen molar-refractivity contribution in [2.75, 3.05) is 12.4 Å². The number of ether oxygens (including phenoxy) is 1. The molecule has 27 heavy (non-hydrogen) atoms. The standard InChI is InChI=1S/C20H29N3O2S2/c1-13(2)19(17-8-6-10-26-17)22-18(24)12-27-20-21-14(3)15(4)23(20)11-16-7-5-9-25-16/h6,8,10,13,16,19H,5,7,9,11-12H2,1-4H3,(H,22,24). The predicted octanol–water partition coefficient (Wildman–Crippen LogP) is 4.35. The number of carbonyl (C=O) groups excluding carboxylic acids is 1. The first-order chi connectivity index (χ1) is 13.0. The summed E-state index contributed by atoms with van der Waals surface area (Å²) in [6, 6.07) is 4.18. The molecule has 0 spiro atoms. The SMILES string of the molecule is Cc1nc(SCC(=O)NC(c2cccs2)C(C)C)n(CC2CCCO2)c1C. The van der Waals surface area contributed by atoms with Crippen molar-refractivity contribution >= 4 is 29.0 Å². The Hall–Kier alpha value is -1.31. The first-order valence-electron chi connectivity index (χ1n) is 9.56. The number of amides is 1. The summed E-state index contributed by atoms with van der Waals surface area (Å²) in [4.78, 5) is 18.5. The molecule has 0 radical (unpaired) electrons. The van der Waals surface area contributed by atoms with Crippen molar-refractivity contribution in [3.05, 3.63) is 33.8 Å². The fourth-order valence-corrected chi connectivity index (χ4v) is 5.18. The quantitative estimate of drug-likeness (QED) is 0.661. The second-order valence-corrected chi connectivity index (χ2v) is 9.33. The van der Waals surface area contributed by atoms with Crippen LogP contribution in [0, 0.1) is 19.8 Å². The molecule has 2 atom stereocenters. The highest BCUT2D eigenvalue weighted by Gasteiger charge is 2.22.